The monoisotopic (exact) mass is 251 g/mol. The lowest BCUT2D eigenvalue weighted by atomic mass is 10.6. The summed E-state index contributed by atoms with van der Waals surface area (Å²) in [6.45, 7) is 0. The van der Waals surface area contributed by atoms with Gasteiger partial charge in [0.15, 0.2) is 14.9 Å². The SMILES string of the molecule is CS(=O)(=O)c1cc(N)nc(S(C)(=O)=O)n1. The quantitative estimate of drug-likeness (QED) is 0.521. The average molecular weight is 251 g/mol. The highest BCUT2D eigenvalue weighted by Crippen LogP contribution is 2.12. The van der Waals surface area contributed by atoms with E-state index in [2.05, 4.69) is 9.97 Å². The Kier molecular flexibility index (Phi) is 2.70. The van der Waals surface area contributed by atoms with E-state index in [-0.39, 0.29) is 5.82 Å². The van der Waals surface area contributed by atoms with E-state index in [4.69, 9.17) is 5.73 Å². The molecular weight excluding hydrogens is 242 g/mol. The third-order valence-electron chi connectivity index (χ3n) is 1.41. The predicted molar refractivity (Wildman–Crippen MR) is 52.7 cm³/mol. The summed E-state index contributed by atoms with van der Waals surface area (Å²) in [5.41, 5.74) is 5.27. The Morgan fingerprint density at radius 3 is 2.00 bits per heavy atom. The zero-order valence-electron chi connectivity index (χ0n) is 8.00. The molecule has 0 saturated carbocycles. The molecule has 0 aromatic carbocycles. The lowest BCUT2D eigenvalue weighted by molar-refractivity contribution is 0.585. The number of rotatable bonds is 2. The Morgan fingerprint density at radius 1 is 1.07 bits per heavy atom. The lowest BCUT2D eigenvalue weighted by Gasteiger charge is -2.02. The Hall–Kier alpha value is -1.22. The molecule has 1 aromatic rings. The second-order valence-corrected chi connectivity index (χ2v) is 6.83. The van der Waals surface area contributed by atoms with Crippen LogP contribution in [0.5, 0.6) is 0 Å². The van der Waals surface area contributed by atoms with Gasteiger partial charge in [-0.3, -0.25) is 0 Å². The number of hydrogen-bond donors (Lipinski definition) is 1. The van der Waals surface area contributed by atoms with Gasteiger partial charge in [0.05, 0.1) is 0 Å². The van der Waals surface area contributed by atoms with Gasteiger partial charge in [0.1, 0.15) is 5.82 Å². The molecule has 0 spiro atoms. The maximum absolute atomic E-state index is 11.1. The summed E-state index contributed by atoms with van der Waals surface area (Å²) >= 11 is 0. The van der Waals surface area contributed by atoms with Gasteiger partial charge in [-0.2, -0.15) is 0 Å². The number of anilines is 1. The molecule has 9 heteroatoms. The first kappa shape index (κ1) is 11.9. The molecule has 0 amide bonds. The van der Waals surface area contributed by atoms with E-state index >= 15 is 0 Å². The van der Waals surface area contributed by atoms with Crippen molar-refractivity contribution in [1.29, 1.82) is 0 Å². The zero-order valence-corrected chi connectivity index (χ0v) is 9.63. The summed E-state index contributed by atoms with van der Waals surface area (Å²) < 4.78 is 44.4. The first-order chi connectivity index (χ1) is 6.60. The van der Waals surface area contributed by atoms with Crippen LogP contribution in [0.2, 0.25) is 0 Å². The first-order valence-electron chi connectivity index (χ1n) is 3.65. The van der Waals surface area contributed by atoms with E-state index in [1.807, 2.05) is 0 Å². The van der Waals surface area contributed by atoms with Crippen LogP contribution in [0.15, 0.2) is 16.2 Å². The summed E-state index contributed by atoms with van der Waals surface area (Å²) in [4.78, 5) is 6.84. The minimum Gasteiger partial charge on any atom is -0.384 e. The number of nitrogen functional groups attached to an aromatic ring is 1. The van der Waals surface area contributed by atoms with Crippen LogP contribution in [0.25, 0.3) is 0 Å². The normalized spacial score (nSPS) is 12.7. The summed E-state index contributed by atoms with van der Waals surface area (Å²) in [6.07, 6.45) is 1.77. The molecule has 84 valence electrons. The number of hydrogen-bond acceptors (Lipinski definition) is 7. The topological polar surface area (TPSA) is 120 Å². The van der Waals surface area contributed by atoms with Gasteiger partial charge in [-0.25, -0.2) is 26.8 Å². The van der Waals surface area contributed by atoms with Crippen molar-refractivity contribution in [2.75, 3.05) is 18.2 Å². The van der Waals surface area contributed by atoms with Gasteiger partial charge >= 0.3 is 0 Å². The fourth-order valence-electron chi connectivity index (χ4n) is 0.777. The van der Waals surface area contributed by atoms with Crippen molar-refractivity contribution < 1.29 is 16.8 Å². The van der Waals surface area contributed by atoms with E-state index in [1.54, 1.807) is 0 Å². The minimum atomic E-state index is -3.67. The van der Waals surface area contributed by atoms with Gasteiger partial charge in [0.2, 0.25) is 15.0 Å². The molecular formula is C6H9N3O4S2. The van der Waals surface area contributed by atoms with Gasteiger partial charge in [-0.05, 0) is 0 Å². The van der Waals surface area contributed by atoms with Crippen molar-refractivity contribution in [3.8, 4) is 0 Å². The van der Waals surface area contributed by atoms with Crippen LogP contribution in [0.1, 0.15) is 0 Å². The van der Waals surface area contributed by atoms with Crippen LogP contribution in [-0.4, -0.2) is 39.3 Å². The van der Waals surface area contributed by atoms with E-state index < -0.39 is 29.9 Å². The van der Waals surface area contributed by atoms with Gasteiger partial charge in [0, 0.05) is 18.6 Å². The number of nitrogens with zero attached hydrogens (tertiary/aromatic N) is 2. The second kappa shape index (κ2) is 3.42. The van der Waals surface area contributed by atoms with Crippen molar-refractivity contribution >= 4 is 25.5 Å². The molecule has 0 unspecified atom stereocenters. The third kappa shape index (κ3) is 2.86. The van der Waals surface area contributed by atoms with E-state index in [0.29, 0.717) is 0 Å². The largest absolute Gasteiger partial charge is 0.384 e. The second-order valence-electron chi connectivity index (χ2n) is 2.96. The maximum Gasteiger partial charge on any atom is 0.249 e. The predicted octanol–water partition coefficient (Wildman–Crippen LogP) is -1.13. The molecule has 0 aliphatic heterocycles. The number of sulfone groups is 2. The molecule has 0 bridgehead atoms. The lowest BCUT2D eigenvalue weighted by Crippen LogP contribution is -2.11. The molecule has 2 N–H and O–H groups in total. The van der Waals surface area contributed by atoms with Gasteiger partial charge < -0.3 is 5.73 Å². The van der Waals surface area contributed by atoms with E-state index in [1.165, 1.54) is 0 Å². The third-order valence-corrected chi connectivity index (χ3v) is 3.23. The van der Waals surface area contributed by atoms with Crippen molar-refractivity contribution in [3.05, 3.63) is 6.07 Å². The van der Waals surface area contributed by atoms with Crippen LogP contribution in [0, 0.1) is 0 Å². The van der Waals surface area contributed by atoms with Crippen molar-refractivity contribution in [1.82, 2.24) is 9.97 Å². The minimum absolute atomic E-state index is 0.203. The molecule has 1 rings (SSSR count). The molecule has 0 saturated heterocycles. The fourth-order valence-corrected chi connectivity index (χ4v) is 1.96. The highest BCUT2D eigenvalue weighted by Gasteiger charge is 2.17. The molecule has 1 aromatic heterocycles. The van der Waals surface area contributed by atoms with Crippen LogP contribution in [-0.2, 0) is 19.7 Å². The van der Waals surface area contributed by atoms with Crippen LogP contribution in [0.3, 0.4) is 0 Å². The Morgan fingerprint density at radius 2 is 1.60 bits per heavy atom. The van der Waals surface area contributed by atoms with E-state index in [0.717, 1.165) is 18.6 Å². The van der Waals surface area contributed by atoms with Crippen LogP contribution >= 0.6 is 0 Å². The molecule has 0 fully saturated rings. The molecule has 7 nitrogen and oxygen atoms in total. The number of nitrogens with two attached hydrogens (primary N) is 1. The smallest absolute Gasteiger partial charge is 0.249 e. The molecule has 0 atom stereocenters. The van der Waals surface area contributed by atoms with Crippen LogP contribution < -0.4 is 5.73 Å². The molecule has 15 heavy (non-hydrogen) atoms. The summed E-state index contributed by atoms with van der Waals surface area (Å²) in [7, 11) is -7.28. The molecule has 1 heterocycles. The highest BCUT2D eigenvalue weighted by molar-refractivity contribution is 7.91. The average Bonchev–Trinajstić information content (AvgIpc) is 1.99. The molecule has 0 radical (unpaired) electrons. The summed E-state index contributed by atoms with van der Waals surface area (Å²) in [5.74, 6) is -0.203. The first-order valence-corrected chi connectivity index (χ1v) is 7.43. The summed E-state index contributed by atoms with van der Waals surface area (Å²) in [6, 6.07) is 1.00. The fraction of sp³-hybridized carbons (Fsp3) is 0.333. The molecule has 0 aliphatic carbocycles. The Bertz CT molecular complexity index is 541. The van der Waals surface area contributed by atoms with Gasteiger partial charge in [0.25, 0.3) is 0 Å². The summed E-state index contributed by atoms with van der Waals surface area (Å²) in [5, 5.41) is -1.00. The van der Waals surface area contributed by atoms with Crippen LogP contribution in [0.4, 0.5) is 5.82 Å². The standard InChI is InChI=1S/C6H9N3O4S2/c1-14(10,11)5-3-4(7)8-6(9-5)15(2,12)13/h3H,1-2H3,(H2,7,8,9). The molecule has 0 aliphatic rings. The van der Waals surface area contributed by atoms with E-state index in [9.17, 15) is 16.8 Å². The Balaban J connectivity index is 3.57. The number of aromatic nitrogens is 2. The van der Waals surface area contributed by atoms with Crippen molar-refractivity contribution in [2.45, 2.75) is 10.2 Å². The Labute approximate surface area is 87.2 Å². The van der Waals surface area contributed by atoms with Gasteiger partial charge in [-0.15, -0.1) is 0 Å². The zero-order chi connectivity index (χ0) is 11.9. The maximum atomic E-state index is 11.1. The van der Waals surface area contributed by atoms with Crippen molar-refractivity contribution in [2.24, 2.45) is 0 Å². The highest BCUT2D eigenvalue weighted by atomic mass is 32.2. The van der Waals surface area contributed by atoms with Gasteiger partial charge in [-0.1, -0.05) is 0 Å². The van der Waals surface area contributed by atoms with Crippen molar-refractivity contribution in [3.63, 3.8) is 0 Å².